The summed E-state index contributed by atoms with van der Waals surface area (Å²) < 4.78 is 4.86. The van der Waals surface area contributed by atoms with Crippen LogP contribution in [0.3, 0.4) is 0 Å². The van der Waals surface area contributed by atoms with Gasteiger partial charge in [0, 0.05) is 0 Å². The molecule has 0 amide bonds. The number of fused-ring (bicyclic) bond motifs is 1. The van der Waals surface area contributed by atoms with E-state index in [2.05, 4.69) is 9.97 Å². The second-order valence-corrected chi connectivity index (χ2v) is 2.88. The Bertz CT molecular complexity index is 525. The first-order chi connectivity index (χ1) is 7.22. The number of carboxylic acids is 1. The number of hydrogen-bond acceptors (Lipinski definition) is 4. The van der Waals surface area contributed by atoms with Gasteiger partial charge in [0.2, 0.25) is 11.6 Å². The van der Waals surface area contributed by atoms with Gasteiger partial charge >= 0.3 is 5.97 Å². The normalized spacial score (nSPS) is 10.2. The molecular weight excluding hydrogens is 196 g/mol. The number of methoxy groups -OCH3 is 1. The van der Waals surface area contributed by atoms with E-state index in [9.17, 15) is 4.79 Å². The second kappa shape index (κ2) is 3.53. The molecule has 76 valence electrons. The number of hydrogen-bond donors (Lipinski definition) is 1. The molecule has 1 aromatic heterocycles. The van der Waals surface area contributed by atoms with Crippen molar-refractivity contribution < 1.29 is 14.6 Å². The van der Waals surface area contributed by atoms with Crippen LogP contribution in [-0.4, -0.2) is 28.2 Å². The summed E-state index contributed by atoms with van der Waals surface area (Å²) >= 11 is 0. The van der Waals surface area contributed by atoms with Gasteiger partial charge in [-0.2, -0.15) is 0 Å². The number of carboxylic acid groups (broad SMARTS) is 1. The number of rotatable bonds is 2. The summed E-state index contributed by atoms with van der Waals surface area (Å²) in [6.45, 7) is 0. The molecule has 1 N–H and O–H groups in total. The number of aromatic nitrogens is 2. The Morgan fingerprint density at radius 2 is 1.87 bits per heavy atom. The van der Waals surface area contributed by atoms with Crippen LogP contribution >= 0.6 is 0 Å². The van der Waals surface area contributed by atoms with Crippen molar-refractivity contribution in [2.24, 2.45) is 0 Å². The van der Waals surface area contributed by atoms with Gasteiger partial charge in [-0.05, 0) is 12.1 Å². The van der Waals surface area contributed by atoms with Gasteiger partial charge < -0.3 is 9.84 Å². The SMILES string of the molecule is COc1nc2ccccc2nc1C(=O)O. The van der Waals surface area contributed by atoms with Crippen molar-refractivity contribution in [1.82, 2.24) is 9.97 Å². The summed E-state index contributed by atoms with van der Waals surface area (Å²) in [5.41, 5.74) is 0.978. The van der Waals surface area contributed by atoms with E-state index in [1.165, 1.54) is 7.11 Å². The summed E-state index contributed by atoms with van der Waals surface area (Å²) in [6, 6.07) is 7.02. The lowest BCUT2D eigenvalue weighted by atomic mass is 10.3. The predicted octanol–water partition coefficient (Wildman–Crippen LogP) is 1.34. The summed E-state index contributed by atoms with van der Waals surface area (Å²) in [4.78, 5) is 18.8. The number of carbonyl (C=O) groups is 1. The molecule has 0 spiro atoms. The Morgan fingerprint density at radius 1 is 1.27 bits per heavy atom. The third-order valence-electron chi connectivity index (χ3n) is 1.93. The van der Waals surface area contributed by atoms with Gasteiger partial charge in [-0.15, -0.1) is 0 Å². The molecule has 0 aliphatic heterocycles. The van der Waals surface area contributed by atoms with Gasteiger partial charge in [0.15, 0.2) is 0 Å². The van der Waals surface area contributed by atoms with E-state index in [0.717, 1.165) is 0 Å². The molecular formula is C10H8N2O3. The number of benzene rings is 1. The van der Waals surface area contributed by atoms with Crippen molar-refractivity contribution in [3.05, 3.63) is 30.0 Å². The van der Waals surface area contributed by atoms with Crippen LogP contribution in [0.4, 0.5) is 0 Å². The molecule has 0 aliphatic carbocycles. The van der Waals surface area contributed by atoms with E-state index in [0.29, 0.717) is 11.0 Å². The Labute approximate surface area is 85.4 Å². The highest BCUT2D eigenvalue weighted by molar-refractivity contribution is 5.90. The fourth-order valence-electron chi connectivity index (χ4n) is 1.27. The van der Waals surface area contributed by atoms with Crippen molar-refractivity contribution in [2.45, 2.75) is 0 Å². The van der Waals surface area contributed by atoms with Crippen LogP contribution in [0.5, 0.6) is 5.88 Å². The summed E-state index contributed by atoms with van der Waals surface area (Å²) in [5, 5.41) is 8.87. The third-order valence-corrected chi connectivity index (χ3v) is 1.93. The summed E-state index contributed by atoms with van der Waals surface area (Å²) in [5.74, 6) is -1.12. The first-order valence-electron chi connectivity index (χ1n) is 4.26. The van der Waals surface area contributed by atoms with Gasteiger partial charge in [0.1, 0.15) is 0 Å². The van der Waals surface area contributed by atoms with E-state index in [1.54, 1.807) is 24.3 Å². The molecule has 5 heteroatoms. The highest BCUT2D eigenvalue weighted by Gasteiger charge is 2.15. The average molecular weight is 204 g/mol. The average Bonchev–Trinajstić information content (AvgIpc) is 2.27. The van der Waals surface area contributed by atoms with Crippen molar-refractivity contribution in [3.8, 4) is 5.88 Å². The quantitative estimate of drug-likeness (QED) is 0.799. The van der Waals surface area contributed by atoms with Gasteiger partial charge in [0.25, 0.3) is 0 Å². The minimum Gasteiger partial charge on any atom is -0.479 e. The molecule has 1 heterocycles. The minimum atomic E-state index is -1.15. The molecule has 0 aliphatic rings. The molecule has 0 atom stereocenters. The van der Waals surface area contributed by atoms with Crippen LogP contribution in [0.1, 0.15) is 10.5 Å². The minimum absolute atomic E-state index is 0.0289. The molecule has 0 unspecified atom stereocenters. The highest BCUT2D eigenvalue weighted by atomic mass is 16.5. The number of para-hydroxylation sites is 2. The molecule has 0 bridgehead atoms. The van der Waals surface area contributed by atoms with Gasteiger partial charge in [-0.1, -0.05) is 12.1 Å². The fourth-order valence-corrected chi connectivity index (χ4v) is 1.27. The van der Waals surface area contributed by atoms with Crippen LogP contribution in [0.15, 0.2) is 24.3 Å². The Kier molecular flexibility index (Phi) is 2.21. The fraction of sp³-hybridized carbons (Fsp3) is 0.100. The maximum Gasteiger partial charge on any atom is 0.360 e. The van der Waals surface area contributed by atoms with Crippen molar-refractivity contribution in [3.63, 3.8) is 0 Å². The lowest BCUT2D eigenvalue weighted by Gasteiger charge is -2.04. The van der Waals surface area contributed by atoms with E-state index < -0.39 is 5.97 Å². The maximum atomic E-state index is 10.8. The maximum absolute atomic E-state index is 10.8. The molecule has 2 aromatic rings. The van der Waals surface area contributed by atoms with Crippen molar-refractivity contribution in [2.75, 3.05) is 7.11 Å². The van der Waals surface area contributed by atoms with E-state index in [4.69, 9.17) is 9.84 Å². The highest BCUT2D eigenvalue weighted by Crippen LogP contribution is 2.18. The second-order valence-electron chi connectivity index (χ2n) is 2.88. The molecule has 0 saturated carbocycles. The zero-order valence-corrected chi connectivity index (χ0v) is 7.97. The Morgan fingerprint density at radius 3 is 2.40 bits per heavy atom. The van der Waals surface area contributed by atoms with Crippen LogP contribution in [-0.2, 0) is 0 Å². The first kappa shape index (κ1) is 9.39. The Hall–Kier alpha value is -2.17. The van der Waals surface area contributed by atoms with Crippen LogP contribution in [0, 0.1) is 0 Å². The van der Waals surface area contributed by atoms with Gasteiger partial charge in [0.05, 0.1) is 18.1 Å². The molecule has 15 heavy (non-hydrogen) atoms. The van der Waals surface area contributed by atoms with Crippen LogP contribution in [0.25, 0.3) is 11.0 Å². The lowest BCUT2D eigenvalue weighted by Crippen LogP contribution is -2.06. The summed E-state index contributed by atoms with van der Waals surface area (Å²) in [6.07, 6.45) is 0. The van der Waals surface area contributed by atoms with E-state index >= 15 is 0 Å². The predicted molar refractivity (Wildman–Crippen MR) is 53.0 cm³/mol. The number of aromatic carboxylic acids is 1. The van der Waals surface area contributed by atoms with Crippen LogP contribution < -0.4 is 4.74 Å². The topological polar surface area (TPSA) is 72.3 Å². The molecule has 1 aromatic carbocycles. The van der Waals surface area contributed by atoms with Gasteiger partial charge in [-0.25, -0.2) is 14.8 Å². The molecule has 5 nitrogen and oxygen atoms in total. The monoisotopic (exact) mass is 204 g/mol. The lowest BCUT2D eigenvalue weighted by molar-refractivity contribution is 0.0686. The zero-order valence-electron chi connectivity index (χ0n) is 7.97. The number of nitrogens with zero attached hydrogens (tertiary/aromatic N) is 2. The molecule has 0 saturated heterocycles. The van der Waals surface area contributed by atoms with E-state index in [1.807, 2.05) is 0 Å². The van der Waals surface area contributed by atoms with Crippen molar-refractivity contribution >= 4 is 17.0 Å². The van der Waals surface area contributed by atoms with Crippen molar-refractivity contribution in [1.29, 1.82) is 0 Å². The smallest absolute Gasteiger partial charge is 0.360 e. The standard InChI is InChI=1S/C10H8N2O3/c1-15-9-8(10(13)14)11-6-4-2-3-5-7(6)12-9/h2-5H,1H3,(H,13,14). The van der Waals surface area contributed by atoms with Crippen LogP contribution in [0.2, 0.25) is 0 Å². The third kappa shape index (κ3) is 1.59. The Balaban J connectivity index is 2.74. The number of ether oxygens (including phenoxy) is 1. The molecule has 0 fully saturated rings. The summed E-state index contributed by atoms with van der Waals surface area (Å²) in [7, 11) is 1.37. The van der Waals surface area contributed by atoms with E-state index in [-0.39, 0.29) is 11.6 Å². The van der Waals surface area contributed by atoms with Gasteiger partial charge in [-0.3, -0.25) is 0 Å². The molecule has 0 radical (unpaired) electrons. The first-order valence-corrected chi connectivity index (χ1v) is 4.26. The zero-order chi connectivity index (χ0) is 10.8. The largest absolute Gasteiger partial charge is 0.479 e. The molecule has 2 rings (SSSR count).